The highest BCUT2D eigenvalue weighted by molar-refractivity contribution is 5.77. The van der Waals surface area contributed by atoms with Crippen molar-refractivity contribution in [3.8, 4) is 0 Å². The van der Waals surface area contributed by atoms with E-state index in [1.54, 1.807) is 4.90 Å². The number of likely N-dealkylation sites (tertiary alicyclic amines) is 1. The average molecular weight is 326 g/mol. The topological polar surface area (TPSA) is 78.7 Å². The predicted octanol–water partition coefficient (Wildman–Crippen LogP) is 1.65. The molecule has 23 heavy (non-hydrogen) atoms. The summed E-state index contributed by atoms with van der Waals surface area (Å²) in [5, 5.41) is 2.98. The van der Waals surface area contributed by atoms with Crippen molar-refractivity contribution in [2.45, 2.75) is 52.5 Å². The van der Waals surface area contributed by atoms with Crippen molar-refractivity contribution in [1.82, 2.24) is 15.1 Å². The summed E-state index contributed by atoms with van der Waals surface area (Å²) >= 11 is 0. The van der Waals surface area contributed by atoms with Crippen LogP contribution in [0.2, 0.25) is 0 Å². The number of primary amides is 1. The second-order valence-electron chi connectivity index (χ2n) is 7.22. The number of amides is 3. The molecule has 3 amide bonds. The maximum absolute atomic E-state index is 12.1. The Balaban J connectivity index is 2.21. The van der Waals surface area contributed by atoms with E-state index >= 15 is 0 Å². The van der Waals surface area contributed by atoms with Crippen molar-refractivity contribution in [3.05, 3.63) is 0 Å². The average Bonchev–Trinajstić information content (AvgIpc) is 2.50. The molecular weight excluding hydrogens is 292 g/mol. The van der Waals surface area contributed by atoms with Crippen molar-refractivity contribution < 1.29 is 9.59 Å². The number of urea groups is 1. The van der Waals surface area contributed by atoms with E-state index in [-0.39, 0.29) is 23.9 Å². The highest BCUT2D eigenvalue weighted by atomic mass is 16.2. The van der Waals surface area contributed by atoms with Gasteiger partial charge in [0.05, 0.1) is 5.92 Å². The van der Waals surface area contributed by atoms with E-state index in [0.717, 1.165) is 45.3 Å². The van der Waals surface area contributed by atoms with Crippen LogP contribution in [0.1, 0.15) is 46.5 Å². The molecule has 0 aromatic rings. The molecule has 0 saturated carbocycles. The summed E-state index contributed by atoms with van der Waals surface area (Å²) in [6.07, 6.45) is 3.83. The molecule has 0 unspecified atom stereocenters. The van der Waals surface area contributed by atoms with Gasteiger partial charge in [0.15, 0.2) is 0 Å². The molecule has 1 aliphatic heterocycles. The zero-order valence-corrected chi connectivity index (χ0v) is 15.2. The van der Waals surface area contributed by atoms with Crippen molar-refractivity contribution >= 4 is 11.9 Å². The summed E-state index contributed by atoms with van der Waals surface area (Å²) in [6, 6.07) is 0.236. The van der Waals surface area contributed by atoms with Crippen molar-refractivity contribution in [3.63, 3.8) is 0 Å². The molecule has 1 rings (SSSR count). The van der Waals surface area contributed by atoms with Crippen LogP contribution >= 0.6 is 0 Å². The summed E-state index contributed by atoms with van der Waals surface area (Å²) in [7, 11) is 1.85. The molecule has 0 aromatic heterocycles. The summed E-state index contributed by atoms with van der Waals surface area (Å²) < 4.78 is 0. The number of hydrogen-bond acceptors (Lipinski definition) is 3. The fourth-order valence-electron chi connectivity index (χ4n) is 3.15. The Kier molecular flexibility index (Phi) is 8.37. The molecule has 0 radical (unpaired) electrons. The smallest absolute Gasteiger partial charge is 0.317 e. The summed E-state index contributed by atoms with van der Waals surface area (Å²) in [5.74, 6) is 0.377. The monoisotopic (exact) mass is 326 g/mol. The zero-order valence-electron chi connectivity index (χ0n) is 15.2. The van der Waals surface area contributed by atoms with Crippen LogP contribution in [0.15, 0.2) is 0 Å². The van der Waals surface area contributed by atoms with E-state index in [0.29, 0.717) is 12.5 Å². The Hall–Kier alpha value is -1.30. The molecule has 0 bridgehead atoms. The second-order valence-corrected chi connectivity index (χ2v) is 7.22. The van der Waals surface area contributed by atoms with Crippen molar-refractivity contribution in [2.75, 3.05) is 33.2 Å². The lowest BCUT2D eigenvalue weighted by Gasteiger charge is -2.31. The van der Waals surface area contributed by atoms with E-state index < -0.39 is 0 Å². The number of rotatable bonds is 8. The van der Waals surface area contributed by atoms with Gasteiger partial charge in [0.1, 0.15) is 0 Å². The molecule has 0 aliphatic carbocycles. The van der Waals surface area contributed by atoms with Gasteiger partial charge in [-0.25, -0.2) is 4.79 Å². The minimum Gasteiger partial charge on any atom is -0.369 e. The first-order valence-electron chi connectivity index (χ1n) is 8.83. The van der Waals surface area contributed by atoms with Gasteiger partial charge >= 0.3 is 6.03 Å². The molecule has 1 heterocycles. The van der Waals surface area contributed by atoms with E-state index in [2.05, 4.69) is 31.0 Å². The molecule has 1 aliphatic rings. The molecule has 0 aromatic carbocycles. The number of piperidine rings is 1. The lowest BCUT2D eigenvalue weighted by molar-refractivity contribution is -0.123. The third-order valence-corrected chi connectivity index (χ3v) is 4.63. The Labute approximate surface area is 140 Å². The maximum atomic E-state index is 12.1. The fourth-order valence-corrected chi connectivity index (χ4v) is 3.15. The Bertz CT molecular complexity index is 387. The molecule has 1 fully saturated rings. The fraction of sp³-hybridized carbons (Fsp3) is 0.882. The molecule has 0 spiro atoms. The Morgan fingerprint density at radius 3 is 2.65 bits per heavy atom. The van der Waals surface area contributed by atoms with E-state index in [9.17, 15) is 9.59 Å². The zero-order chi connectivity index (χ0) is 17.4. The van der Waals surface area contributed by atoms with Gasteiger partial charge in [-0.1, -0.05) is 13.8 Å². The van der Waals surface area contributed by atoms with Crippen LogP contribution in [0.25, 0.3) is 0 Å². The SMILES string of the molecule is CC(C)C[C@@H](C)N(C)C(=O)NCCCN1CCC[C@@H](C(N)=O)C1. The van der Waals surface area contributed by atoms with Crippen LogP contribution in [-0.2, 0) is 4.79 Å². The van der Waals surface area contributed by atoms with E-state index in [1.807, 2.05) is 7.05 Å². The standard InChI is InChI=1S/C17H34N4O2/c1-13(2)11-14(3)20(4)17(23)19-8-6-10-21-9-5-7-15(12-21)16(18)22/h13-15H,5-12H2,1-4H3,(H2,18,22)(H,19,23)/t14-,15-/m1/s1. The quantitative estimate of drug-likeness (QED) is 0.666. The Morgan fingerprint density at radius 1 is 1.35 bits per heavy atom. The van der Waals surface area contributed by atoms with Gasteiger partial charge in [-0.15, -0.1) is 0 Å². The van der Waals surface area contributed by atoms with Gasteiger partial charge in [-0.05, 0) is 51.6 Å². The van der Waals surface area contributed by atoms with Gasteiger partial charge in [0.25, 0.3) is 0 Å². The minimum absolute atomic E-state index is 0.00759. The van der Waals surface area contributed by atoms with Gasteiger partial charge in [0.2, 0.25) is 5.91 Å². The lowest BCUT2D eigenvalue weighted by Crippen LogP contribution is -2.44. The third kappa shape index (κ3) is 7.20. The van der Waals surface area contributed by atoms with Gasteiger partial charge in [-0.2, -0.15) is 0 Å². The normalized spacial score (nSPS) is 20.3. The number of nitrogens with zero attached hydrogens (tertiary/aromatic N) is 2. The summed E-state index contributed by atoms with van der Waals surface area (Å²) in [5.41, 5.74) is 5.39. The van der Waals surface area contributed by atoms with Gasteiger partial charge in [-0.3, -0.25) is 4.79 Å². The molecule has 1 saturated heterocycles. The number of carbonyl (C=O) groups excluding carboxylic acids is 2. The second kappa shape index (κ2) is 9.75. The van der Waals surface area contributed by atoms with Crippen LogP contribution in [0.4, 0.5) is 4.79 Å². The van der Waals surface area contributed by atoms with Gasteiger partial charge in [0, 0.05) is 26.2 Å². The highest BCUT2D eigenvalue weighted by Gasteiger charge is 2.23. The first kappa shape index (κ1) is 19.7. The molecule has 134 valence electrons. The largest absolute Gasteiger partial charge is 0.369 e. The highest BCUT2D eigenvalue weighted by Crippen LogP contribution is 2.16. The van der Waals surface area contributed by atoms with Crippen molar-refractivity contribution in [2.24, 2.45) is 17.6 Å². The maximum Gasteiger partial charge on any atom is 0.317 e. The minimum atomic E-state index is -0.191. The van der Waals surface area contributed by atoms with E-state index in [4.69, 9.17) is 5.73 Å². The first-order chi connectivity index (χ1) is 10.8. The molecule has 6 heteroatoms. The Morgan fingerprint density at radius 2 is 2.04 bits per heavy atom. The van der Waals surface area contributed by atoms with Crippen LogP contribution in [0, 0.1) is 11.8 Å². The summed E-state index contributed by atoms with van der Waals surface area (Å²) in [6.45, 7) is 9.75. The number of nitrogens with two attached hydrogens (primary N) is 1. The third-order valence-electron chi connectivity index (χ3n) is 4.63. The van der Waals surface area contributed by atoms with E-state index in [1.165, 1.54) is 0 Å². The van der Waals surface area contributed by atoms with Crippen molar-refractivity contribution in [1.29, 1.82) is 0 Å². The number of nitrogens with one attached hydrogen (secondary N) is 1. The van der Waals surface area contributed by atoms with Crippen LogP contribution in [0.3, 0.4) is 0 Å². The van der Waals surface area contributed by atoms with Crippen LogP contribution in [-0.4, -0.2) is 61.0 Å². The van der Waals surface area contributed by atoms with Gasteiger partial charge < -0.3 is 20.9 Å². The number of carbonyl (C=O) groups is 2. The van der Waals surface area contributed by atoms with Crippen LogP contribution < -0.4 is 11.1 Å². The molecule has 6 nitrogen and oxygen atoms in total. The molecule has 2 atom stereocenters. The lowest BCUT2D eigenvalue weighted by atomic mass is 9.97. The number of hydrogen-bond donors (Lipinski definition) is 2. The molecular formula is C17H34N4O2. The first-order valence-corrected chi connectivity index (χ1v) is 8.83. The summed E-state index contributed by atoms with van der Waals surface area (Å²) in [4.78, 5) is 27.4. The molecule has 3 N–H and O–H groups in total. The van der Waals surface area contributed by atoms with Crippen LogP contribution in [0.5, 0.6) is 0 Å². The predicted molar refractivity (Wildman–Crippen MR) is 93.1 cm³/mol.